The highest BCUT2D eigenvalue weighted by Gasteiger charge is 2.49. The molecule has 0 saturated carbocycles. The third-order valence-corrected chi connectivity index (χ3v) is 5.30. The van der Waals surface area contributed by atoms with Crippen molar-refractivity contribution in [3.05, 3.63) is 65.2 Å². The SMILES string of the molecule is CCCc1ccc(C2(C)NC(=O)N(CC(=O)NCc3ccc(OC)cc3)C2=O)cc1. The largest absolute Gasteiger partial charge is 0.497 e. The summed E-state index contributed by atoms with van der Waals surface area (Å²) in [5, 5.41) is 5.47. The van der Waals surface area contributed by atoms with Gasteiger partial charge in [-0.05, 0) is 42.2 Å². The van der Waals surface area contributed by atoms with Gasteiger partial charge in [0.25, 0.3) is 5.91 Å². The van der Waals surface area contributed by atoms with Crippen LogP contribution in [0.4, 0.5) is 4.79 Å². The summed E-state index contributed by atoms with van der Waals surface area (Å²) in [6.45, 7) is 3.73. The fraction of sp³-hybridized carbons (Fsp3) is 0.348. The number of methoxy groups -OCH3 is 1. The van der Waals surface area contributed by atoms with Crippen LogP contribution in [0.25, 0.3) is 0 Å². The molecule has 0 bridgehead atoms. The maximum atomic E-state index is 13.0. The van der Waals surface area contributed by atoms with E-state index >= 15 is 0 Å². The Morgan fingerprint density at radius 2 is 1.70 bits per heavy atom. The molecule has 1 atom stereocenters. The molecule has 1 saturated heterocycles. The molecule has 0 radical (unpaired) electrons. The average molecular weight is 409 g/mol. The van der Waals surface area contributed by atoms with Crippen LogP contribution in [0.5, 0.6) is 5.75 Å². The average Bonchev–Trinajstić information content (AvgIpc) is 2.97. The van der Waals surface area contributed by atoms with Gasteiger partial charge in [-0.1, -0.05) is 49.7 Å². The lowest BCUT2D eigenvalue weighted by atomic mass is 9.91. The van der Waals surface area contributed by atoms with Crippen LogP contribution in [0.15, 0.2) is 48.5 Å². The number of rotatable bonds is 8. The monoisotopic (exact) mass is 409 g/mol. The van der Waals surface area contributed by atoms with Gasteiger partial charge in [-0.3, -0.25) is 14.5 Å². The molecular formula is C23H27N3O4. The standard InChI is InChI=1S/C23H27N3O4/c1-4-5-16-6-10-18(11-7-16)23(2)21(28)26(22(29)25-23)15-20(27)24-14-17-8-12-19(30-3)13-9-17/h6-13H,4-5,14-15H2,1-3H3,(H,24,27)(H,25,29). The minimum absolute atomic E-state index is 0.294. The smallest absolute Gasteiger partial charge is 0.325 e. The van der Waals surface area contributed by atoms with E-state index in [0.717, 1.165) is 29.1 Å². The van der Waals surface area contributed by atoms with Crippen molar-refractivity contribution in [2.75, 3.05) is 13.7 Å². The van der Waals surface area contributed by atoms with Crippen molar-refractivity contribution >= 4 is 17.8 Å². The Bertz CT molecular complexity index is 924. The number of nitrogens with zero attached hydrogens (tertiary/aromatic N) is 1. The topological polar surface area (TPSA) is 87.7 Å². The maximum absolute atomic E-state index is 13.0. The van der Waals surface area contributed by atoms with Gasteiger partial charge in [-0.25, -0.2) is 4.79 Å². The summed E-state index contributed by atoms with van der Waals surface area (Å²) >= 11 is 0. The second-order valence-corrected chi connectivity index (χ2v) is 7.52. The zero-order valence-corrected chi connectivity index (χ0v) is 17.5. The number of hydrogen-bond acceptors (Lipinski definition) is 4. The first-order valence-corrected chi connectivity index (χ1v) is 10.0. The van der Waals surface area contributed by atoms with Crippen molar-refractivity contribution < 1.29 is 19.1 Å². The number of aryl methyl sites for hydroxylation is 1. The lowest BCUT2D eigenvalue weighted by Gasteiger charge is -2.22. The Labute approximate surface area is 176 Å². The van der Waals surface area contributed by atoms with Gasteiger partial charge in [-0.15, -0.1) is 0 Å². The summed E-state index contributed by atoms with van der Waals surface area (Å²) in [5.41, 5.74) is 1.58. The van der Waals surface area contributed by atoms with Gasteiger partial charge in [0.1, 0.15) is 17.8 Å². The van der Waals surface area contributed by atoms with Gasteiger partial charge in [0.2, 0.25) is 5.91 Å². The molecule has 30 heavy (non-hydrogen) atoms. The van der Waals surface area contributed by atoms with Crippen LogP contribution in [0, 0.1) is 0 Å². The minimum atomic E-state index is -1.18. The molecular weight excluding hydrogens is 382 g/mol. The van der Waals surface area contributed by atoms with E-state index in [2.05, 4.69) is 17.6 Å². The molecule has 1 aliphatic rings. The molecule has 7 nitrogen and oxygen atoms in total. The molecule has 1 aliphatic heterocycles. The fourth-order valence-electron chi connectivity index (χ4n) is 3.47. The van der Waals surface area contributed by atoms with E-state index in [4.69, 9.17) is 4.74 Å². The number of nitrogens with one attached hydrogen (secondary N) is 2. The van der Waals surface area contributed by atoms with E-state index in [1.165, 1.54) is 5.56 Å². The Hall–Kier alpha value is -3.35. The molecule has 2 N–H and O–H groups in total. The van der Waals surface area contributed by atoms with Gasteiger partial charge in [0, 0.05) is 6.54 Å². The molecule has 1 fully saturated rings. The first-order chi connectivity index (χ1) is 14.4. The summed E-state index contributed by atoms with van der Waals surface area (Å²) in [6.07, 6.45) is 1.99. The summed E-state index contributed by atoms with van der Waals surface area (Å²) in [5.74, 6) is -0.112. The summed E-state index contributed by atoms with van der Waals surface area (Å²) in [6, 6.07) is 14.4. The lowest BCUT2D eigenvalue weighted by molar-refractivity contribution is -0.134. The Balaban J connectivity index is 1.62. The molecule has 158 valence electrons. The first-order valence-electron chi connectivity index (χ1n) is 10.0. The molecule has 0 aliphatic carbocycles. The van der Waals surface area contributed by atoms with Gasteiger partial charge in [-0.2, -0.15) is 0 Å². The number of imide groups is 1. The summed E-state index contributed by atoms with van der Waals surface area (Å²) < 4.78 is 5.11. The number of amides is 4. The number of ether oxygens (including phenoxy) is 1. The van der Waals surface area contributed by atoms with Crippen molar-refractivity contribution in [1.29, 1.82) is 0 Å². The molecule has 4 amide bonds. The van der Waals surface area contributed by atoms with Gasteiger partial charge in [0.15, 0.2) is 0 Å². The third-order valence-electron chi connectivity index (χ3n) is 5.30. The number of hydrogen-bond donors (Lipinski definition) is 2. The van der Waals surface area contributed by atoms with Crippen molar-refractivity contribution in [1.82, 2.24) is 15.5 Å². The van der Waals surface area contributed by atoms with Crippen LogP contribution in [0.3, 0.4) is 0 Å². The number of carbonyl (C=O) groups excluding carboxylic acids is 3. The molecule has 1 unspecified atom stereocenters. The predicted molar refractivity (Wildman–Crippen MR) is 113 cm³/mol. The van der Waals surface area contributed by atoms with E-state index in [-0.39, 0.29) is 6.54 Å². The normalized spacial score (nSPS) is 18.3. The van der Waals surface area contributed by atoms with Crippen LogP contribution in [-0.2, 0) is 28.1 Å². The number of benzene rings is 2. The second-order valence-electron chi connectivity index (χ2n) is 7.52. The van der Waals surface area contributed by atoms with E-state index in [9.17, 15) is 14.4 Å². The van der Waals surface area contributed by atoms with Crippen LogP contribution < -0.4 is 15.4 Å². The van der Waals surface area contributed by atoms with E-state index < -0.39 is 23.4 Å². The van der Waals surface area contributed by atoms with E-state index in [1.807, 2.05) is 36.4 Å². The highest BCUT2D eigenvalue weighted by atomic mass is 16.5. The third kappa shape index (κ3) is 4.45. The van der Waals surface area contributed by atoms with Crippen LogP contribution >= 0.6 is 0 Å². The number of carbonyl (C=O) groups is 3. The van der Waals surface area contributed by atoms with Crippen LogP contribution in [0.1, 0.15) is 37.0 Å². The van der Waals surface area contributed by atoms with Gasteiger partial charge >= 0.3 is 6.03 Å². The Morgan fingerprint density at radius 3 is 2.30 bits per heavy atom. The summed E-state index contributed by atoms with van der Waals surface area (Å²) in [4.78, 5) is 38.7. The van der Waals surface area contributed by atoms with Crippen molar-refractivity contribution in [2.24, 2.45) is 0 Å². The highest BCUT2D eigenvalue weighted by Crippen LogP contribution is 2.29. The molecule has 0 aromatic heterocycles. The van der Waals surface area contributed by atoms with Gasteiger partial charge in [0.05, 0.1) is 7.11 Å². The highest BCUT2D eigenvalue weighted by molar-refractivity contribution is 6.09. The number of urea groups is 1. The zero-order chi connectivity index (χ0) is 21.7. The minimum Gasteiger partial charge on any atom is -0.497 e. The second kappa shape index (κ2) is 8.98. The van der Waals surface area contributed by atoms with Crippen LogP contribution in [-0.4, -0.2) is 36.4 Å². The Morgan fingerprint density at radius 1 is 1.07 bits per heavy atom. The lowest BCUT2D eigenvalue weighted by Crippen LogP contribution is -2.43. The molecule has 7 heteroatoms. The van der Waals surface area contributed by atoms with Crippen LogP contribution in [0.2, 0.25) is 0 Å². The van der Waals surface area contributed by atoms with Crippen molar-refractivity contribution in [2.45, 2.75) is 38.8 Å². The molecule has 1 heterocycles. The van der Waals surface area contributed by atoms with Crippen molar-refractivity contribution in [3.63, 3.8) is 0 Å². The predicted octanol–water partition coefficient (Wildman–Crippen LogP) is 2.73. The zero-order valence-electron chi connectivity index (χ0n) is 17.5. The fourth-order valence-corrected chi connectivity index (χ4v) is 3.47. The molecule has 2 aromatic rings. The van der Waals surface area contributed by atoms with E-state index in [0.29, 0.717) is 12.1 Å². The first kappa shape index (κ1) is 21.4. The molecule has 0 spiro atoms. The molecule has 3 rings (SSSR count). The van der Waals surface area contributed by atoms with Gasteiger partial charge < -0.3 is 15.4 Å². The summed E-state index contributed by atoms with van der Waals surface area (Å²) in [7, 11) is 1.59. The molecule has 2 aromatic carbocycles. The Kier molecular flexibility index (Phi) is 6.40. The van der Waals surface area contributed by atoms with E-state index in [1.54, 1.807) is 26.2 Å². The maximum Gasteiger partial charge on any atom is 0.325 e. The van der Waals surface area contributed by atoms with Crippen molar-refractivity contribution in [3.8, 4) is 5.75 Å². The quantitative estimate of drug-likeness (QED) is 0.657.